The number of hydrogen-bond donors (Lipinski definition) is 2. The SMILES string of the molecule is CCOC(=O)Cn1c(C)c(C=NNC(=O)c2ccc(NC(C)=O)cc2)c2ccccc21. The van der Waals surface area contributed by atoms with Crippen molar-refractivity contribution in [3.63, 3.8) is 0 Å². The largest absolute Gasteiger partial charge is 0.465 e. The van der Waals surface area contributed by atoms with E-state index in [0.29, 0.717) is 17.9 Å². The lowest BCUT2D eigenvalue weighted by atomic mass is 10.1. The van der Waals surface area contributed by atoms with E-state index in [1.165, 1.54) is 6.92 Å². The van der Waals surface area contributed by atoms with Gasteiger partial charge in [0.2, 0.25) is 5.91 Å². The van der Waals surface area contributed by atoms with Gasteiger partial charge in [-0.05, 0) is 44.2 Å². The molecule has 2 N–H and O–H groups in total. The summed E-state index contributed by atoms with van der Waals surface area (Å²) < 4.78 is 6.95. The van der Waals surface area contributed by atoms with Gasteiger partial charge in [-0.15, -0.1) is 0 Å². The number of fused-ring (bicyclic) bond motifs is 1. The molecule has 0 unspecified atom stereocenters. The number of benzene rings is 2. The molecule has 0 aliphatic heterocycles. The van der Waals surface area contributed by atoms with Gasteiger partial charge in [0.1, 0.15) is 6.54 Å². The molecule has 0 saturated carbocycles. The number of rotatable bonds is 7. The second-order valence-electron chi connectivity index (χ2n) is 6.87. The first-order valence-corrected chi connectivity index (χ1v) is 9.85. The molecule has 0 fully saturated rings. The van der Waals surface area contributed by atoms with E-state index in [-0.39, 0.29) is 24.3 Å². The lowest BCUT2D eigenvalue weighted by Gasteiger charge is -2.07. The number of para-hydroxylation sites is 1. The van der Waals surface area contributed by atoms with Crippen LogP contribution in [0.5, 0.6) is 0 Å². The first-order valence-electron chi connectivity index (χ1n) is 9.85. The van der Waals surface area contributed by atoms with E-state index in [1.54, 1.807) is 37.4 Å². The molecule has 31 heavy (non-hydrogen) atoms. The molecule has 0 radical (unpaired) electrons. The number of ether oxygens (including phenoxy) is 1. The zero-order valence-corrected chi connectivity index (χ0v) is 17.6. The number of carbonyl (C=O) groups is 3. The predicted octanol–water partition coefficient (Wildman–Crippen LogP) is 3.24. The van der Waals surface area contributed by atoms with Crippen LogP contribution in [-0.4, -0.2) is 35.2 Å². The number of hydrogen-bond acceptors (Lipinski definition) is 5. The molecule has 1 aromatic heterocycles. The van der Waals surface area contributed by atoms with Crippen LogP contribution in [0.1, 0.15) is 35.5 Å². The average Bonchev–Trinajstić information content (AvgIpc) is 3.00. The van der Waals surface area contributed by atoms with E-state index in [4.69, 9.17) is 4.74 Å². The summed E-state index contributed by atoms with van der Waals surface area (Å²) in [5.41, 5.74) is 6.06. The average molecular weight is 420 g/mol. The summed E-state index contributed by atoms with van der Waals surface area (Å²) in [5, 5.41) is 7.67. The van der Waals surface area contributed by atoms with Gasteiger partial charge in [0, 0.05) is 40.3 Å². The van der Waals surface area contributed by atoms with Crippen LogP contribution in [0.4, 0.5) is 5.69 Å². The third kappa shape index (κ3) is 5.16. The topological polar surface area (TPSA) is 102 Å². The molecule has 2 amide bonds. The van der Waals surface area contributed by atoms with Crippen molar-refractivity contribution >= 4 is 40.6 Å². The van der Waals surface area contributed by atoms with Gasteiger partial charge in [-0.1, -0.05) is 18.2 Å². The third-order valence-corrected chi connectivity index (χ3v) is 4.70. The van der Waals surface area contributed by atoms with E-state index in [1.807, 2.05) is 35.8 Å². The fraction of sp³-hybridized carbons (Fsp3) is 0.217. The summed E-state index contributed by atoms with van der Waals surface area (Å²) in [6.45, 7) is 5.50. The fourth-order valence-corrected chi connectivity index (χ4v) is 3.29. The van der Waals surface area contributed by atoms with Gasteiger partial charge in [0.25, 0.3) is 5.91 Å². The van der Waals surface area contributed by atoms with E-state index in [2.05, 4.69) is 15.8 Å². The van der Waals surface area contributed by atoms with Gasteiger partial charge in [0.05, 0.1) is 12.8 Å². The van der Waals surface area contributed by atoms with Crippen molar-refractivity contribution < 1.29 is 19.1 Å². The zero-order chi connectivity index (χ0) is 22.4. The van der Waals surface area contributed by atoms with Gasteiger partial charge in [-0.2, -0.15) is 5.10 Å². The molecule has 0 atom stereocenters. The highest BCUT2D eigenvalue weighted by Gasteiger charge is 2.15. The summed E-state index contributed by atoms with van der Waals surface area (Å²) in [7, 11) is 0. The lowest BCUT2D eigenvalue weighted by molar-refractivity contribution is -0.143. The standard InChI is InChI=1S/C23H24N4O4/c1-4-31-22(29)14-27-15(2)20(19-7-5-6-8-21(19)27)13-24-26-23(30)17-9-11-18(12-10-17)25-16(3)28/h5-13H,4,14H2,1-3H3,(H,25,28)(H,26,30). The Balaban J connectivity index is 1.78. The number of nitrogens with one attached hydrogen (secondary N) is 2. The first-order chi connectivity index (χ1) is 14.9. The highest BCUT2D eigenvalue weighted by Crippen LogP contribution is 2.24. The highest BCUT2D eigenvalue weighted by molar-refractivity contribution is 6.02. The Labute approximate surface area is 179 Å². The number of hydrazone groups is 1. The number of amides is 2. The molecule has 160 valence electrons. The summed E-state index contributed by atoms with van der Waals surface area (Å²) in [6, 6.07) is 14.2. The van der Waals surface area contributed by atoms with E-state index >= 15 is 0 Å². The minimum absolute atomic E-state index is 0.0982. The summed E-state index contributed by atoms with van der Waals surface area (Å²) in [4.78, 5) is 35.5. The van der Waals surface area contributed by atoms with Crippen LogP contribution in [0.15, 0.2) is 53.6 Å². The Morgan fingerprint density at radius 3 is 2.48 bits per heavy atom. The summed E-state index contributed by atoms with van der Waals surface area (Å²) in [6.07, 6.45) is 1.57. The minimum Gasteiger partial charge on any atom is -0.465 e. The van der Waals surface area contributed by atoms with Gasteiger partial charge < -0.3 is 14.6 Å². The minimum atomic E-state index is -0.376. The normalized spacial score (nSPS) is 10.9. The summed E-state index contributed by atoms with van der Waals surface area (Å²) in [5.74, 6) is -0.872. The molecule has 8 heteroatoms. The van der Waals surface area contributed by atoms with Crippen molar-refractivity contribution in [2.75, 3.05) is 11.9 Å². The number of carbonyl (C=O) groups excluding carboxylic acids is 3. The van der Waals surface area contributed by atoms with Crippen LogP contribution in [0.3, 0.4) is 0 Å². The molecule has 8 nitrogen and oxygen atoms in total. The van der Waals surface area contributed by atoms with Crippen LogP contribution in [0.2, 0.25) is 0 Å². The maximum absolute atomic E-state index is 12.4. The van der Waals surface area contributed by atoms with Crippen molar-refractivity contribution in [2.24, 2.45) is 5.10 Å². The van der Waals surface area contributed by atoms with Crippen molar-refractivity contribution in [1.82, 2.24) is 9.99 Å². The van der Waals surface area contributed by atoms with Crippen molar-refractivity contribution in [2.45, 2.75) is 27.3 Å². The molecule has 0 bridgehead atoms. The van der Waals surface area contributed by atoms with Crippen LogP contribution < -0.4 is 10.7 Å². The van der Waals surface area contributed by atoms with Crippen LogP contribution in [0.25, 0.3) is 10.9 Å². The highest BCUT2D eigenvalue weighted by atomic mass is 16.5. The van der Waals surface area contributed by atoms with E-state index in [9.17, 15) is 14.4 Å². The van der Waals surface area contributed by atoms with Crippen molar-refractivity contribution in [1.29, 1.82) is 0 Å². The van der Waals surface area contributed by atoms with E-state index in [0.717, 1.165) is 22.2 Å². The molecule has 3 rings (SSSR count). The number of aromatic nitrogens is 1. The Morgan fingerprint density at radius 1 is 1.10 bits per heavy atom. The third-order valence-electron chi connectivity index (χ3n) is 4.70. The Bertz CT molecular complexity index is 1150. The smallest absolute Gasteiger partial charge is 0.325 e. The Hall–Kier alpha value is -3.94. The molecule has 1 heterocycles. The second kappa shape index (κ2) is 9.71. The van der Waals surface area contributed by atoms with Crippen LogP contribution >= 0.6 is 0 Å². The quantitative estimate of drug-likeness (QED) is 0.348. The van der Waals surface area contributed by atoms with Gasteiger partial charge in [0.15, 0.2) is 0 Å². The summed E-state index contributed by atoms with van der Waals surface area (Å²) >= 11 is 0. The second-order valence-corrected chi connectivity index (χ2v) is 6.87. The van der Waals surface area contributed by atoms with Crippen LogP contribution in [0, 0.1) is 6.92 Å². The zero-order valence-electron chi connectivity index (χ0n) is 17.6. The van der Waals surface area contributed by atoms with Gasteiger partial charge in [-0.25, -0.2) is 5.43 Å². The van der Waals surface area contributed by atoms with E-state index < -0.39 is 0 Å². The Morgan fingerprint density at radius 2 is 1.81 bits per heavy atom. The molecule has 0 aliphatic carbocycles. The molecule has 0 saturated heterocycles. The molecule has 2 aromatic carbocycles. The number of nitrogens with zero attached hydrogens (tertiary/aromatic N) is 2. The first kappa shape index (κ1) is 21.8. The molecule has 3 aromatic rings. The van der Waals surface area contributed by atoms with Crippen molar-refractivity contribution in [3.05, 3.63) is 65.4 Å². The fourth-order valence-electron chi connectivity index (χ4n) is 3.29. The molecular weight excluding hydrogens is 396 g/mol. The molecule has 0 spiro atoms. The maximum atomic E-state index is 12.4. The molecular formula is C23H24N4O4. The lowest BCUT2D eigenvalue weighted by Crippen LogP contribution is -2.18. The van der Waals surface area contributed by atoms with Crippen LogP contribution in [-0.2, 0) is 20.9 Å². The monoisotopic (exact) mass is 420 g/mol. The Kier molecular flexibility index (Phi) is 6.81. The van der Waals surface area contributed by atoms with Gasteiger partial charge in [-0.3, -0.25) is 14.4 Å². The number of anilines is 1. The number of esters is 1. The molecule has 0 aliphatic rings. The van der Waals surface area contributed by atoms with Gasteiger partial charge >= 0.3 is 5.97 Å². The maximum Gasteiger partial charge on any atom is 0.325 e. The van der Waals surface area contributed by atoms with Crippen molar-refractivity contribution in [3.8, 4) is 0 Å². The predicted molar refractivity (Wildman–Crippen MR) is 119 cm³/mol.